The standard InChI is InChI=1S/C21H17ClN2O2/c22-19-11-6-12-20(23-19)26-14-18(15-7-2-1-3-8-15)24-13-16-9-4-5-10-17(16)21(24)25/h1-12,18H,13-14H2/t18-/m0/s1. The van der Waals surface area contributed by atoms with Crippen LogP contribution in [0.15, 0.2) is 72.8 Å². The van der Waals surface area contributed by atoms with Gasteiger partial charge in [-0.15, -0.1) is 0 Å². The van der Waals surface area contributed by atoms with E-state index in [0.29, 0.717) is 24.2 Å². The van der Waals surface area contributed by atoms with Crippen LogP contribution in [0.1, 0.15) is 27.5 Å². The van der Waals surface area contributed by atoms with Crippen LogP contribution in [0.2, 0.25) is 5.15 Å². The zero-order valence-electron chi connectivity index (χ0n) is 14.0. The second-order valence-corrected chi connectivity index (χ2v) is 6.51. The van der Waals surface area contributed by atoms with Crippen molar-refractivity contribution >= 4 is 17.5 Å². The Hall–Kier alpha value is -2.85. The molecule has 26 heavy (non-hydrogen) atoms. The van der Waals surface area contributed by atoms with E-state index in [4.69, 9.17) is 16.3 Å². The van der Waals surface area contributed by atoms with E-state index < -0.39 is 0 Å². The Morgan fingerprint density at radius 3 is 2.54 bits per heavy atom. The number of pyridine rings is 1. The second-order valence-electron chi connectivity index (χ2n) is 6.13. The molecule has 1 aliphatic rings. The molecule has 4 nitrogen and oxygen atoms in total. The fraction of sp³-hybridized carbons (Fsp3) is 0.143. The summed E-state index contributed by atoms with van der Waals surface area (Å²) in [5.41, 5.74) is 2.82. The lowest BCUT2D eigenvalue weighted by atomic mass is 10.1. The van der Waals surface area contributed by atoms with Crippen molar-refractivity contribution in [2.75, 3.05) is 6.61 Å². The normalized spacial score (nSPS) is 14.2. The summed E-state index contributed by atoms with van der Waals surface area (Å²) in [4.78, 5) is 18.9. The van der Waals surface area contributed by atoms with E-state index in [0.717, 1.165) is 16.7 Å². The lowest BCUT2D eigenvalue weighted by Gasteiger charge is -2.28. The van der Waals surface area contributed by atoms with Crippen LogP contribution < -0.4 is 4.74 Å². The molecule has 0 spiro atoms. The molecule has 0 unspecified atom stereocenters. The van der Waals surface area contributed by atoms with E-state index in [1.165, 1.54) is 0 Å². The zero-order chi connectivity index (χ0) is 17.9. The Bertz CT molecular complexity index is 930. The molecule has 0 N–H and O–H groups in total. The predicted octanol–water partition coefficient (Wildman–Crippen LogP) is 4.51. The van der Waals surface area contributed by atoms with Crippen LogP contribution in [0.4, 0.5) is 0 Å². The number of halogens is 1. The lowest BCUT2D eigenvalue weighted by Crippen LogP contribution is -2.33. The van der Waals surface area contributed by atoms with Crippen molar-refractivity contribution in [1.29, 1.82) is 0 Å². The molecule has 0 aliphatic carbocycles. The molecule has 0 saturated carbocycles. The first-order valence-electron chi connectivity index (χ1n) is 8.41. The molecule has 1 amide bonds. The Morgan fingerprint density at radius 2 is 1.77 bits per heavy atom. The number of nitrogens with zero attached hydrogens (tertiary/aromatic N) is 2. The van der Waals surface area contributed by atoms with Crippen LogP contribution in [0.25, 0.3) is 0 Å². The van der Waals surface area contributed by atoms with Crippen LogP contribution >= 0.6 is 11.6 Å². The number of fused-ring (bicyclic) bond motifs is 1. The molecular weight excluding hydrogens is 348 g/mol. The molecule has 5 heteroatoms. The number of hydrogen-bond donors (Lipinski definition) is 0. The SMILES string of the molecule is O=C1c2ccccc2CN1[C@@H](COc1cccc(Cl)n1)c1ccccc1. The van der Waals surface area contributed by atoms with Crippen molar-refractivity contribution < 1.29 is 9.53 Å². The van der Waals surface area contributed by atoms with E-state index in [1.807, 2.05) is 59.5 Å². The third-order valence-corrected chi connectivity index (χ3v) is 4.70. The average Bonchev–Trinajstić information content (AvgIpc) is 3.00. The summed E-state index contributed by atoms with van der Waals surface area (Å²) in [5.74, 6) is 0.472. The molecule has 3 aromatic rings. The molecule has 0 radical (unpaired) electrons. The summed E-state index contributed by atoms with van der Waals surface area (Å²) < 4.78 is 5.87. The molecule has 2 aromatic carbocycles. The van der Waals surface area contributed by atoms with Gasteiger partial charge in [-0.25, -0.2) is 4.98 Å². The van der Waals surface area contributed by atoms with Gasteiger partial charge in [0, 0.05) is 18.2 Å². The minimum Gasteiger partial charge on any atom is -0.475 e. The van der Waals surface area contributed by atoms with Crippen LogP contribution in [0.5, 0.6) is 5.88 Å². The molecule has 0 saturated heterocycles. The van der Waals surface area contributed by atoms with E-state index in [-0.39, 0.29) is 11.9 Å². The van der Waals surface area contributed by atoms with Gasteiger partial charge >= 0.3 is 0 Å². The number of hydrogen-bond acceptors (Lipinski definition) is 3. The fourth-order valence-electron chi connectivity index (χ4n) is 3.20. The van der Waals surface area contributed by atoms with Gasteiger partial charge in [-0.2, -0.15) is 0 Å². The highest BCUT2D eigenvalue weighted by molar-refractivity contribution is 6.29. The first-order valence-corrected chi connectivity index (χ1v) is 8.79. The van der Waals surface area contributed by atoms with E-state index in [2.05, 4.69) is 4.98 Å². The number of carbonyl (C=O) groups is 1. The van der Waals surface area contributed by atoms with E-state index in [9.17, 15) is 4.79 Å². The highest BCUT2D eigenvalue weighted by Gasteiger charge is 2.33. The number of amides is 1. The Labute approximate surface area is 157 Å². The smallest absolute Gasteiger partial charge is 0.255 e. The minimum absolute atomic E-state index is 0.0251. The van der Waals surface area contributed by atoms with Crippen LogP contribution in [0, 0.1) is 0 Å². The number of benzene rings is 2. The van der Waals surface area contributed by atoms with E-state index >= 15 is 0 Å². The van der Waals surface area contributed by atoms with Crippen LogP contribution in [0.3, 0.4) is 0 Å². The van der Waals surface area contributed by atoms with Crippen molar-refractivity contribution in [1.82, 2.24) is 9.88 Å². The number of carbonyl (C=O) groups excluding carboxylic acids is 1. The van der Waals surface area contributed by atoms with Crippen molar-refractivity contribution in [2.24, 2.45) is 0 Å². The van der Waals surface area contributed by atoms with Crippen LogP contribution in [-0.2, 0) is 6.54 Å². The Kier molecular flexibility index (Phi) is 4.59. The summed E-state index contributed by atoms with van der Waals surface area (Å²) in [7, 11) is 0. The van der Waals surface area contributed by atoms with Crippen molar-refractivity contribution in [2.45, 2.75) is 12.6 Å². The van der Waals surface area contributed by atoms with Gasteiger partial charge in [0.05, 0.1) is 6.04 Å². The largest absolute Gasteiger partial charge is 0.475 e. The Balaban J connectivity index is 1.61. The highest BCUT2D eigenvalue weighted by atomic mass is 35.5. The maximum absolute atomic E-state index is 12.9. The molecule has 1 aliphatic heterocycles. The summed E-state index contributed by atoms with van der Waals surface area (Å²) in [5, 5.41) is 0.378. The van der Waals surface area contributed by atoms with Gasteiger partial charge in [0.25, 0.3) is 5.91 Å². The van der Waals surface area contributed by atoms with Gasteiger partial charge in [0.2, 0.25) is 5.88 Å². The maximum Gasteiger partial charge on any atom is 0.255 e. The quantitative estimate of drug-likeness (QED) is 0.625. The molecule has 2 heterocycles. The molecular formula is C21H17ClN2O2. The lowest BCUT2D eigenvalue weighted by molar-refractivity contribution is 0.0632. The molecule has 4 rings (SSSR count). The molecule has 130 valence electrons. The monoisotopic (exact) mass is 364 g/mol. The molecule has 0 fully saturated rings. The van der Waals surface area contributed by atoms with Gasteiger partial charge in [0.1, 0.15) is 11.8 Å². The van der Waals surface area contributed by atoms with Crippen molar-refractivity contribution in [3.8, 4) is 5.88 Å². The van der Waals surface area contributed by atoms with Crippen molar-refractivity contribution in [3.05, 3.63) is 94.6 Å². The highest BCUT2D eigenvalue weighted by Crippen LogP contribution is 2.31. The third-order valence-electron chi connectivity index (χ3n) is 4.49. The van der Waals surface area contributed by atoms with Crippen LogP contribution in [-0.4, -0.2) is 22.4 Å². The number of aromatic nitrogens is 1. The summed E-state index contributed by atoms with van der Waals surface area (Å²) in [6, 6.07) is 22.7. The van der Waals surface area contributed by atoms with Crippen molar-refractivity contribution in [3.63, 3.8) is 0 Å². The molecule has 0 bridgehead atoms. The summed E-state index contributed by atoms with van der Waals surface area (Å²) in [6.07, 6.45) is 0. The van der Waals surface area contributed by atoms with Gasteiger partial charge in [0.15, 0.2) is 0 Å². The van der Waals surface area contributed by atoms with Gasteiger partial charge < -0.3 is 9.64 Å². The topological polar surface area (TPSA) is 42.4 Å². The molecule has 1 aromatic heterocycles. The maximum atomic E-state index is 12.9. The summed E-state index contributed by atoms with van der Waals surface area (Å²) >= 11 is 5.93. The summed E-state index contributed by atoms with van der Waals surface area (Å²) in [6.45, 7) is 0.873. The second kappa shape index (κ2) is 7.18. The fourth-order valence-corrected chi connectivity index (χ4v) is 3.36. The predicted molar refractivity (Wildman–Crippen MR) is 100 cm³/mol. The minimum atomic E-state index is -0.211. The van der Waals surface area contributed by atoms with E-state index in [1.54, 1.807) is 18.2 Å². The zero-order valence-corrected chi connectivity index (χ0v) is 14.8. The first-order chi connectivity index (χ1) is 12.7. The third kappa shape index (κ3) is 3.28. The first kappa shape index (κ1) is 16.6. The van der Waals surface area contributed by atoms with Gasteiger partial charge in [-0.05, 0) is 23.3 Å². The average molecular weight is 365 g/mol. The Morgan fingerprint density at radius 1 is 1.00 bits per heavy atom. The molecule has 1 atom stereocenters. The number of ether oxygens (including phenoxy) is 1. The van der Waals surface area contributed by atoms with Gasteiger partial charge in [-0.3, -0.25) is 4.79 Å². The number of rotatable bonds is 5. The van der Waals surface area contributed by atoms with Gasteiger partial charge in [-0.1, -0.05) is 66.2 Å².